The van der Waals surface area contributed by atoms with Crippen molar-refractivity contribution in [2.45, 2.75) is 56.4 Å². The van der Waals surface area contributed by atoms with Crippen molar-refractivity contribution >= 4 is 23.5 Å². The maximum absolute atomic E-state index is 3.75. The fourth-order valence-electron chi connectivity index (χ4n) is 2.80. The van der Waals surface area contributed by atoms with Crippen molar-refractivity contribution in [2.75, 3.05) is 30.3 Å². The van der Waals surface area contributed by atoms with Crippen LogP contribution in [0.5, 0.6) is 0 Å². The van der Waals surface area contributed by atoms with E-state index in [0.29, 0.717) is 6.04 Å². The monoisotopic (exact) mass is 288 g/mol. The van der Waals surface area contributed by atoms with E-state index in [1.165, 1.54) is 62.5 Å². The summed E-state index contributed by atoms with van der Waals surface area (Å²) in [6.07, 6.45) is 6.87. The van der Waals surface area contributed by atoms with Crippen molar-refractivity contribution in [3.63, 3.8) is 0 Å². The van der Waals surface area contributed by atoms with E-state index in [1.807, 2.05) is 0 Å². The van der Waals surface area contributed by atoms with Gasteiger partial charge in [-0.3, -0.25) is 0 Å². The molecule has 2 N–H and O–H groups in total. The fraction of sp³-hybridized carbons (Fsp3) is 1.00. The Balaban J connectivity index is 1.59. The van der Waals surface area contributed by atoms with Crippen molar-refractivity contribution in [3.8, 4) is 0 Å². The van der Waals surface area contributed by atoms with Gasteiger partial charge in [0, 0.05) is 41.1 Å². The van der Waals surface area contributed by atoms with Crippen LogP contribution >= 0.6 is 23.5 Å². The molecule has 0 amide bonds. The van der Waals surface area contributed by atoms with Gasteiger partial charge in [-0.05, 0) is 32.7 Å². The van der Waals surface area contributed by atoms with Crippen LogP contribution in [0.4, 0.5) is 0 Å². The highest BCUT2D eigenvalue weighted by molar-refractivity contribution is 8.06. The Kier molecular flexibility index (Phi) is 7.28. The molecule has 2 rings (SSSR count). The second-order valence-corrected chi connectivity index (χ2v) is 8.17. The first-order valence-corrected chi connectivity index (χ1v) is 9.71. The van der Waals surface area contributed by atoms with E-state index >= 15 is 0 Å². The van der Waals surface area contributed by atoms with E-state index in [2.05, 4.69) is 41.1 Å². The molecular weight excluding hydrogens is 260 g/mol. The summed E-state index contributed by atoms with van der Waals surface area (Å²) in [4.78, 5) is 0. The van der Waals surface area contributed by atoms with Gasteiger partial charge in [-0.25, -0.2) is 0 Å². The van der Waals surface area contributed by atoms with E-state index in [9.17, 15) is 0 Å². The summed E-state index contributed by atoms with van der Waals surface area (Å²) in [6.45, 7) is 4.78. The van der Waals surface area contributed by atoms with Crippen molar-refractivity contribution in [1.29, 1.82) is 0 Å². The second-order valence-electron chi connectivity index (χ2n) is 5.61. The second kappa shape index (κ2) is 8.72. The zero-order chi connectivity index (χ0) is 12.6. The van der Waals surface area contributed by atoms with Gasteiger partial charge in [0.1, 0.15) is 0 Å². The molecule has 0 aromatic carbocycles. The van der Waals surface area contributed by atoms with Gasteiger partial charge in [0.05, 0.1) is 0 Å². The summed E-state index contributed by atoms with van der Waals surface area (Å²) in [5, 5.41) is 8.29. The molecule has 0 aliphatic carbocycles. The Hall–Kier alpha value is 0.620. The largest absolute Gasteiger partial charge is 0.314 e. The lowest BCUT2D eigenvalue weighted by atomic mass is 10.0. The van der Waals surface area contributed by atoms with Crippen LogP contribution in [0.1, 0.15) is 39.0 Å². The van der Waals surface area contributed by atoms with Gasteiger partial charge < -0.3 is 10.6 Å². The molecule has 0 bridgehead atoms. The van der Waals surface area contributed by atoms with E-state index in [1.54, 1.807) is 0 Å². The lowest BCUT2D eigenvalue weighted by Gasteiger charge is -2.25. The Labute approximate surface area is 121 Å². The average Bonchev–Trinajstić information content (AvgIpc) is 2.66. The minimum atomic E-state index is 0.660. The van der Waals surface area contributed by atoms with Crippen LogP contribution in [-0.4, -0.2) is 47.7 Å². The molecule has 2 aliphatic rings. The van der Waals surface area contributed by atoms with Gasteiger partial charge in [-0.15, -0.1) is 0 Å². The third-order valence-corrected chi connectivity index (χ3v) is 6.72. The Morgan fingerprint density at radius 1 is 1.28 bits per heavy atom. The molecule has 0 radical (unpaired) electrons. The first-order chi connectivity index (χ1) is 8.84. The predicted molar refractivity (Wildman–Crippen MR) is 85.9 cm³/mol. The van der Waals surface area contributed by atoms with Crippen molar-refractivity contribution in [1.82, 2.24) is 10.6 Å². The van der Waals surface area contributed by atoms with Gasteiger partial charge in [-0.1, -0.05) is 12.8 Å². The number of hydrogen-bond acceptors (Lipinski definition) is 4. The maximum atomic E-state index is 3.75. The molecule has 0 saturated carbocycles. The highest BCUT2D eigenvalue weighted by Crippen LogP contribution is 2.23. The number of nitrogens with one attached hydrogen (secondary N) is 2. The SMILES string of the molecule is CC(CC1CCCCCN1)NCC1CSCCS1. The van der Waals surface area contributed by atoms with Crippen LogP contribution in [0, 0.1) is 0 Å². The molecule has 2 aliphatic heterocycles. The summed E-state index contributed by atoms with van der Waals surface area (Å²) in [6, 6.07) is 1.41. The molecule has 2 fully saturated rings. The Morgan fingerprint density at radius 2 is 2.22 bits per heavy atom. The van der Waals surface area contributed by atoms with Crippen LogP contribution in [0.25, 0.3) is 0 Å². The number of hydrogen-bond donors (Lipinski definition) is 2. The van der Waals surface area contributed by atoms with Crippen LogP contribution in [-0.2, 0) is 0 Å². The van der Waals surface area contributed by atoms with E-state index in [4.69, 9.17) is 0 Å². The summed E-state index contributed by atoms with van der Waals surface area (Å²) in [5.74, 6) is 4.03. The highest BCUT2D eigenvalue weighted by Gasteiger charge is 2.17. The van der Waals surface area contributed by atoms with Gasteiger partial charge in [0.25, 0.3) is 0 Å². The first kappa shape index (κ1) is 15.0. The summed E-state index contributed by atoms with van der Waals surface area (Å²) in [7, 11) is 0. The van der Waals surface area contributed by atoms with Gasteiger partial charge in [0.2, 0.25) is 0 Å². The van der Waals surface area contributed by atoms with Gasteiger partial charge >= 0.3 is 0 Å². The lowest BCUT2D eigenvalue weighted by Crippen LogP contribution is -2.40. The van der Waals surface area contributed by atoms with Crippen LogP contribution in [0.3, 0.4) is 0 Å². The summed E-state index contributed by atoms with van der Waals surface area (Å²) >= 11 is 4.28. The van der Waals surface area contributed by atoms with E-state index in [-0.39, 0.29) is 0 Å². The third-order valence-electron chi connectivity index (χ3n) is 3.88. The standard InChI is InChI=1S/C14H28N2S2/c1-12(9-13-5-3-2-4-6-15-13)16-10-14-11-17-7-8-18-14/h12-16H,2-11H2,1H3. The molecule has 4 heteroatoms. The predicted octanol–water partition coefficient (Wildman–Crippen LogP) is 2.74. The van der Waals surface area contributed by atoms with Crippen molar-refractivity contribution < 1.29 is 0 Å². The third kappa shape index (κ3) is 5.72. The molecule has 0 aromatic rings. The minimum absolute atomic E-state index is 0.660. The van der Waals surface area contributed by atoms with E-state index < -0.39 is 0 Å². The smallest absolute Gasteiger partial charge is 0.0263 e. The van der Waals surface area contributed by atoms with Crippen LogP contribution < -0.4 is 10.6 Å². The van der Waals surface area contributed by atoms with Crippen molar-refractivity contribution in [2.24, 2.45) is 0 Å². The molecule has 18 heavy (non-hydrogen) atoms. The molecule has 3 atom stereocenters. The molecule has 2 nitrogen and oxygen atoms in total. The summed E-state index contributed by atoms with van der Waals surface area (Å²) < 4.78 is 0. The molecule has 0 spiro atoms. The molecule has 106 valence electrons. The van der Waals surface area contributed by atoms with Gasteiger partial charge in [0.15, 0.2) is 0 Å². The summed E-state index contributed by atoms with van der Waals surface area (Å²) in [5.41, 5.74) is 0. The zero-order valence-electron chi connectivity index (χ0n) is 11.6. The molecular formula is C14H28N2S2. The molecule has 0 aromatic heterocycles. The first-order valence-electron chi connectivity index (χ1n) is 7.50. The highest BCUT2D eigenvalue weighted by atomic mass is 32.2. The zero-order valence-corrected chi connectivity index (χ0v) is 13.3. The molecule has 2 saturated heterocycles. The average molecular weight is 289 g/mol. The van der Waals surface area contributed by atoms with Gasteiger partial charge in [-0.2, -0.15) is 23.5 Å². The Morgan fingerprint density at radius 3 is 3.06 bits per heavy atom. The topological polar surface area (TPSA) is 24.1 Å². The quantitative estimate of drug-likeness (QED) is 0.812. The van der Waals surface area contributed by atoms with Crippen molar-refractivity contribution in [3.05, 3.63) is 0 Å². The van der Waals surface area contributed by atoms with E-state index in [0.717, 1.165) is 11.3 Å². The minimum Gasteiger partial charge on any atom is -0.314 e. The number of thioether (sulfide) groups is 2. The normalized spacial score (nSPS) is 31.8. The molecule has 3 unspecified atom stereocenters. The lowest BCUT2D eigenvalue weighted by molar-refractivity contribution is 0.405. The number of rotatable bonds is 5. The Bertz CT molecular complexity index is 212. The maximum Gasteiger partial charge on any atom is 0.0263 e. The fourth-order valence-corrected chi connectivity index (χ4v) is 5.42. The van der Waals surface area contributed by atoms with Crippen LogP contribution in [0.15, 0.2) is 0 Å². The van der Waals surface area contributed by atoms with Crippen LogP contribution in [0.2, 0.25) is 0 Å². The molecule has 2 heterocycles.